The molecule has 28 heavy (non-hydrogen) atoms. The fourth-order valence-electron chi connectivity index (χ4n) is 4.18. The number of hydrogen-bond donors (Lipinski definition) is 1. The van der Waals surface area contributed by atoms with E-state index in [1.54, 1.807) is 7.11 Å². The number of amides is 2. The molecule has 0 spiro atoms. The average Bonchev–Trinajstić information content (AvgIpc) is 2.73. The van der Waals surface area contributed by atoms with Crippen LogP contribution in [0.5, 0.6) is 5.75 Å². The van der Waals surface area contributed by atoms with Crippen LogP contribution in [-0.2, 0) is 9.59 Å². The van der Waals surface area contributed by atoms with Gasteiger partial charge in [0.2, 0.25) is 11.8 Å². The first kappa shape index (κ1) is 20.6. The smallest absolute Gasteiger partial charge is 0.239 e. The summed E-state index contributed by atoms with van der Waals surface area (Å²) in [5.74, 6) is 1.64. The van der Waals surface area contributed by atoms with E-state index in [1.165, 1.54) is 0 Å². The Morgan fingerprint density at radius 1 is 1.07 bits per heavy atom. The third-order valence-electron chi connectivity index (χ3n) is 6.27. The molecule has 3 rings (SSSR count). The number of methoxy groups -OCH3 is 1. The third-order valence-corrected chi connectivity index (χ3v) is 6.27. The SMILES string of the molecule is COc1ccccc1NC(=O)C1CCN([C@H](C)C(=O)N2CCC(C)CC2)CC1. The standard InChI is InChI=1S/C22H33N3O3/c1-16-8-12-25(13-9-16)22(27)17(2)24-14-10-18(11-15-24)21(26)23-19-6-4-5-7-20(19)28-3/h4-7,16-18H,8-15H2,1-3H3,(H,23,26)/t17-/m1/s1. The van der Waals surface area contributed by atoms with E-state index in [9.17, 15) is 9.59 Å². The first-order valence-electron chi connectivity index (χ1n) is 10.5. The van der Waals surface area contributed by atoms with E-state index in [-0.39, 0.29) is 23.8 Å². The van der Waals surface area contributed by atoms with E-state index >= 15 is 0 Å². The van der Waals surface area contributed by atoms with Crippen molar-refractivity contribution in [2.24, 2.45) is 11.8 Å². The van der Waals surface area contributed by atoms with Crippen LogP contribution in [0.15, 0.2) is 24.3 Å². The lowest BCUT2D eigenvalue weighted by Crippen LogP contribution is -2.52. The van der Waals surface area contributed by atoms with Gasteiger partial charge < -0.3 is 15.0 Å². The summed E-state index contributed by atoms with van der Waals surface area (Å²) in [5, 5.41) is 3.00. The fourth-order valence-corrected chi connectivity index (χ4v) is 4.18. The summed E-state index contributed by atoms with van der Waals surface area (Å²) in [7, 11) is 1.60. The van der Waals surface area contributed by atoms with Gasteiger partial charge in [0, 0.05) is 19.0 Å². The number of hydrogen-bond acceptors (Lipinski definition) is 4. The zero-order valence-corrected chi connectivity index (χ0v) is 17.3. The normalized spacial score (nSPS) is 20.6. The van der Waals surface area contributed by atoms with Crippen LogP contribution >= 0.6 is 0 Å². The summed E-state index contributed by atoms with van der Waals surface area (Å²) in [6.07, 6.45) is 3.75. The molecule has 6 nitrogen and oxygen atoms in total. The van der Waals surface area contributed by atoms with Gasteiger partial charge >= 0.3 is 0 Å². The van der Waals surface area contributed by atoms with Crippen molar-refractivity contribution < 1.29 is 14.3 Å². The Hall–Kier alpha value is -2.08. The van der Waals surface area contributed by atoms with Crippen molar-refractivity contribution in [2.75, 3.05) is 38.6 Å². The molecule has 1 atom stereocenters. The second-order valence-corrected chi connectivity index (χ2v) is 8.18. The molecule has 0 radical (unpaired) electrons. The Kier molecular flexibility index (Phi) is 6.94. The zero-order valence-electron chi connectivity index (χ0n) is 17.3. The average molecular weight is 388 g/mol. The van der Waals surface area contributed by atoms with Gasteiger partial charge in [0.1, 0.15) is 5.75 Å². The monoisotopic (exact) mass is 387 g/mol. The van der Waals surface area contributed by atoms with E-state index in [2.05, 4.69) is 17.1 Å². The van der Waals surface area contributed by atoms with E-state index in [4.69, 9.17) is 4.74 Å². The number of anilines is 1. The summed E-state index contributed by atoms with van der Waals surface area (Å²) in [6.45, 7) is 7.58. The number of piperidine rings is 2. The minimum atomic E-state index is -0.105. The van der Waals surface area contributed by atoms with Crippen LogP contribution in [0.25, 0.3) is 0 Å². The Morgan fingerprint density at radius 3 is 2.36 bits per heavy atom. The van der Waals surface area contributed by atoms with Crippen molar-refractivity contribution in [1.29, 1.82) is 0 Å². The minimum absolute atomic E-state index is 0.0284. The summed E-state index contributed by atoms with van der Waals surface area (Å²) in [4.78, 5) is 29.7. The molecule has 2 heterocycles. The molecule has 1 N–H and O–H groups in total. The lowest BCUT2D eigenvalue weighted by atomic mass is 9.94. The van der Waals surface area contributed by atoms with Crippen molar-refractivity contribution in [3.05, 3.63) is 24.3 Å². The second kappa shape index (κ2) is 9.41. The predicted molar refractivity (Wildman–Crippen MR) is 110 cm³/mol. The van der Waals surface area contributed by atoms with Crippen LogP contribution < -0.4 is 10.1 Å². The molecule has 1 aromatic rings. The van der Waals surface area contributed by atoms with Crippen LogP contribution in [0, 0.1) is 11.8 Å². The van der Waals surface area contributed by atoms with Crippen LogP contribution in [0.2, 0.25) is 0 Å². The lowest BCUT2D eigenvalue weighted by Gasteiger charge is -2.38. The maximum atomic E-state index is 12.8. The van der Waals surface area contributed by atoms with Gasteiger partial charge in [-0.25, -0.2) is 0 Å². The summed E-state index contributed by atoms with van der Waals surface area (Å²) in [5.41, 5.74) is 0.709. The lowest BCUT2D eigenvalue weighted by molar-refractivity contribution is -0.138. The number of ether oxygens (including phenoxy) is 1. The van der Waals surface area contributed by atoms with Gasteiger partial charge in [0.25, 0.3) is 0 Å². The van der Waals surface area contributed by atoms with Crippen molar-refractivity contribution in [2.45, 2.75) is 45.6 Å². The van der Waals surface area contributed by atoms with E-state index in [0.717, 1.165) is 57.8 Å². The third kappa shape index (κ3) is 4.85. The van der Waals surface area contributed by atoms with Crippen molar-refractivity contribution >= 4 is 17.5 Å². The van der Waals surface area contributed by atoms with E-state index in [1.807, 2.05) is 36.1 Å². The highest BCUT2D eigenvalue weighted by atomic mass is 16.5. The Balaban J connectivity index is 1.49. The molecule has 2 aliphatic rings. The first-order chi connectivity index (χ1) is 13.5. The molecule has 154 valence electrons. The number of carbonyl (C=O) groups is 2. The van der Waals surface area contributed by atoms with Gasteiger partial charge in [-0.05, 0) is 63.7 Å². The van der Waals surface area contributed by atoms with Gasteiger partial charge in [0.05, 0.1) is 18.8 Å². The molecule has 1 aromatic carbocycles. The zero-order chi connectivity index (χ0) is 20.1. The highest BCUT2D eigenvalue weighted by Gasteiger charge is 2.32. The Bertz CT molecular complexity index is 677. The number of likely N-dealkylation sites (tertiary alicyclic amines) is 2. The van der Waals surface area contributed by atoms with Crippen LogP contribution in [-0.4, -0.2) is 60.9 Å². The molecule has 6 heteroatoms. The molecular weight excluding hydrogens is 354 g/mol. The fraction of sp³-hybridized carbons (Fsp3) is 0.636. The molecule has 2 fully saturated rings. The second-order valence-electron chi connectivity index (χ2n) is 8.18. The van der Waals surface area contributed by atoms with E-state index < -0.39 is 0 Å². The number of rotatable bonds is 5. The maximum absolute atomic E-state index is 12.8. The largest absolute Gasteiger partial charge is 0.495 e. The summed E-state index contributed by atoms with van der Waals surface area (Å²) in [6, 6.07) is 7.36. The van der Waals surface area contributed by atoms with E-state index in [0.29, 0.717) is 11.4 Å². The quantitative estimate of drug-likeness (QED) is 0.844. The number of carbonyl (C=O) groups excluding carboxylic acids is 2. The molecule has 0 aliphatic carbocycles. The topological polar surface area (TPSA) is 61.9 Å². The predicted octanol–water partition coefficient (Wildman–Crippen LogP) is 2.99. The molecule has 2 saturated heterocycles. The van der Waals surface area contributed by atoms with Crippen LogP contribution in [0.4, 0.5) is 5.69 Å². The van der Waals surface area contributed by atoms with Crippen LogP contribution in [0.1, 0.15) is 39.5 Å². The maximum Gasteiger partial charge on any atom is 0.239 e. The van der Waals surface area contributed by atoms with Crippen molar-refractivity contribution in [1.82, 2.24) is 9.80 Å². The molecule has 2 amide bonds. The molecule has 0 aromatic heterocycles. The van der Waals surface area contributed by atoms with Gasteiger partial charge in [-0.2, -0.15) is 0 Å². The molecule has 2 aliphatic heterocycles. The highest BCUT2D eigenvalue weighted by Crippen LogP contribution is 2.26. The van der Waals surface area contributed by atoms with Crippen LogP contribution in [0.3, 0.4) is 0 Å². The molecule has 0 bridgehead atoms. The van der Waals surface area contributed by atoms with Crippen molar-refractivity contribution in [3.63, 3.8) is 0 Å². The number of benzene rings is 1. The summed E-state index contributed by atoms with van der Waals surface area (Å²) >= 11 is 0. The summed E-state index contributed by atoms with van der Waals surface area (Å²) < 4.78 is 5.31. The highest BCUT2D eigenvalue weighted by molar-refractivity contribution is 5.94. The van der Waals surface area contributed by atoms with Crippen molar-refractivity contribution in [3.8, 4) is 5.75 Å². The Morgan fingerprint density at radius 2 is 1.71 bits per heavy atom. The Labute approximate surface area is 168 Å². The first-order valence-corrected chi connectivity index (χ1v) is 10.5. The number of nitrogens with zero attached hydrogens (tertiary/aromatic N) is 2. The van der Waals surface area contributed by atoms with Gasteiger partial charge in [-0.3, -0.25) is 14.5 Å². The van der Waals surface area contributed by atoms with Gasteiger partial charge in [-0.15, -0.1) is 0 Å². The van der Waals surface area contributed by atoms with Gasteiger partial charge in [0.15, 0.2) is 0 Å². The molecule has 0 unspecified atom stereocenters. The van der Waals surface area contributed by atoms with Gasteiger partial charge in [-0.1, -0.05) is 19.1 Å². The minimum Gasteiger partial charge on any atom is -0.495 e. The molecule has 0 saturated carbocycles. The number of nitrogens with one attached hydrogen (secondary N) is 1. The number of para-hydroxylation sites is 2. The molecular formula is C22H33N3O3.